The predicted octanol–water partition coefficient (Wildman–Crippen LogP) is 3.65. The third-order valence-corrected chi connectivity index (χ3v) is 3.41. The van der Waals surface area contributed by atoms with Gasteiger partial charge >= 0.3 is 0 Å². The number of guanidine groups is 1. The summed E-state index contributed by atoms with van der Waals surface area (Å²) in [6.07, 6.45) is 3.23. The molecule has 1 aromatic heterocycles. The number of nitrogens with zero attached hydrogens (tertiary/aromatic N) is 2. The minimum atomic E-state index is 0. The molecule has 0 atom stereocenters. The van der Waals surface area contributed by atoms with Gasteiger partial charge in [0.15, 0.2) is 11.7 Å². The van der Waals surface area contributed by atoms with E-state index >= 15 is 0 Å². The topological polar surface area (TPSA) is 76.4 Å². The Hall–Kier alpha value is -0.790. The molecule has 0 aliphatic carbocycles. The van der Waals surface area contributed by atoms with Gasteiger partial charge in [-0.05, 0) is 25.2 Å². The largest absolute Gasteiger partial charge is 0.370 e. The Bertz CT molecular complexity index is 414. The molecule has 21 heavy (non-hydrogen) atoms. The van der Waals surface area contributed by atoms with E-state index in [1.54, 1.807) is 0 Å². The van der Waals surface area contributed by atoms with Crippen LogP contribution in [0.5, 0.6) is 0 Å². The summed E-state index contributed by atoms with van der Waals surface area (Å²) in [5.74, 6) is 2.36. The van der Waals surface area contributed by atoms with Crippen molar-refractivity contribution in [2.24, 2.45) is 16.6 Å². The quantitative estimate of drug-likeness (QED) is 0.391. The minimum Gasteiger partial charge on any atom is -0.370 e. The van der Waals surface area contributed by atoms with Gasteiger partial charge in [-0.25, -0.2) is 4.99 Å². The maximum atomic E-state index is 5.80. The normalized spacial score (nSPS) is 11.8. The first-order valence-electron chi connectivity index (χ1n) is 7.56. The van der Waals surface area contributed by atoms with Crippen molar-refractivity contribution in [1.82, 2.24) is 10.5 Å². The van der Waals surface area contributed by atoms with Gasteiger partial charge in [0, 0.05) is 18.5 Å². The Morgan fingerprint density at radius 1 is 1.38 bits per heavy atom. The number of hydrogen-bond acceptors (Lipinski definition) is 3. The van der Waals surface area contributed by atoms with Crippen LogP contribution >= 0.6 is 24.0 Å². The van der Waals surface area contributed by atoms with Crippen LogP contribution in [0, 0.1) is 5.92 Å². The molecule has 5 nitrogen and oxygen atoms in total. The highest BCUT2D eigenvalue weighted by Gasteiger charge is 2.12. The van der Waals surface area contributed by atoms with Crippen molar-refractivity contribution in [3.8, 4) is 0 Å². The zero-order valence-corrected chi connectivity index (χ0v) is 15.9. The molecule has 0 aromatic carbocycles. The molecule has 122 valence electrons. The van der Waals surface area contributed by atoms with Gasteiger partial charge in [-0.3, -0.25) is 0 Å². The smallest absolute Gasteiger partial charge is 0.189 e. The van der Waals surface area contributed by atoms with Crippen molar-refractivity contribution in [2.75, 3.05) is 6.54 Å². The van der Waals surface area contributed by atoms with Gasteiger partial charge in [-0.1, -0.05) is 32.9 Å². The highest BCUT2D eigenvalue weighted by atomic mass is 127. The fraction of sp³-hybridized carbons (Fsp3) is 0.733. The molecule has 0 amide bonds. The Morgan fingerprint density at radius 2 is 2.05 bits per heavy atom. The SMILES string of the molecule is CCC(CC)c1cc(CN=C(N)NCCC(C)C)on1.I. The van der Waals surface area contributed by atoms with E-state index in [0.717, 1.165) is 37.3 Å². The fourth-order valence-electron chi connectivity index (χ4n) is 2.01. The molecule has 1 aromatic rings. The fourth-order valence-corrected chi connectivity index (χ4v) is 2.01. The summed E-state index contributed by atoms with van der Waals surface area (Å²) >= 11 is 0. The Balaban J connectivity index is 0.00000400. The van der Waals surface area contributed by atoms with E-state index in [1.807, 2.05) is 6.07 Å². The highest BCUT2D eigenvalue weighted by molar-refractivity contribution is 14.0. The Kier molecular flexibility index (Phi) is 10.5. The number of hydrogen-bond donors (Lipinski definition) is 2. The van der Waals surface area contributed by atoms with Crippen LogP contribution < -0.4 is 11.1 Å². The van der Waals surface area contributed by atoms with Crippen molar-refractivity contribution < 1.29 is 4.52 Å². The number of halogens is 1. The average Bonchev–Trinajstić information content (AvgIpc) is 2.86. The second-order valence-corrected chi connectivity index (χ2v) is 5.54. The van der Waals surface area contributed by atoms with Gasteiger partial charge in [0.2, 0.25) is 0 Å². The van der Waals surface area contributed by atoms with Crippen LogP contribution in [0.4, 0.5) is 0 Å². The van der Waals surface area contributed by atoms with Crippen molar-refractivity contribution in [3.05, 3.63) is 17.5 Å². The van der Waals surface area contributed by atoms with Gasteiger partial charge in [0.1, 0.15) is 6.54 Å². The van der Waals surface area contributed by atoms with Crippen LogP contribution in [0.25, 0.3) is 0 Å². The molecule has 0 aliphatic heterocycles. The second kappa shape index (κ2) is 10.9. The number of nitrogens with one attached hydrogen (secondary N) is 1. The van der Waals surface area contributed by atoms with Crippen LogP contribution in [0.3, 0.4) is 0 Å². The lowest BCUT2D eigenvalue weighted by Gasteiger charge is -2.07. The van der Waals surface area contributed by atoms with E-state index in [-0.39, 0.29) is 24.0 Å². The monoisotopic (exact) mass is 408 g/mol. The number of aromatic nitrogens is 1. The molecule has 0 bridgehead atoms. The Labute approximate surface area is 145 Å². The molecule has 0 saturated heterocycles. The summed E-state index contributed by atoms with van der Waals surface area (Å²) < 4.78 is 5.30. The first-order chi connectivity index (χ1) is 9.56. The summed E-state index contributed by atoms with van der Waals surface area (Å²) in [5, 5.41) is 7.22. The third-order valence-electron chi connectivity index (χ3n) is 3.41. The van der Waals surface area contributed by atoms with Gasteiger partial charge in [0.25, 0.3) is 0 Å². The molecule has 3 N–H and O–H groups in total. The van der Waals surface area contributed by atoms with Gasteiger partial charge in [-0.15, -0.1) is 24.0 Å². The molecule has 0 spiro atoms. The first-order valence-corrected chi connectivity index (χ1v) is 7.56. The minimum absolute atomic E-state index is 0. The zero-order chi connectivity index (χ0) is 15.0. The summed E-state index contributed by atoms with van der Waals surface area (Å²) in [6, 6.07) is 1.99. The van der Waals surface area contributed by atoms with E-state index < -0.39 is 0 Å². The third kappa shape index (κ3) is 7.68. The molecule has 6 heteroatoms. The molecule has 0 radical (unpaired) electrons. The van der Waals surface area contributed by atoms with Crippen molar-refractivity contribution >= 4 is 29.9 Å². The molecule has 1 rings (SSSR count). The molecule has 0 unspecified atom stereocenters. The van der Waals surface area contributed by atoms with Crippen LogP contribution in [0.2, 0.25) is 0 Å². The summed E-state index contributed by atoms with van der Waals surface area (Å²) in [7, 11) is 0. The lowest BCUT2D eigenvalue weighted by atomic mass is 9.99. The molecular formula is C15H29IN4O. The number of rotatable bonds is 8. The summed E-state index contributed by atoms with van der Waals surface area (Å²) in [4.78, 5) is 4.27. The maximum absolute atomic E-state index is 5.80. The van der Waals surface area contributed by atoms with E-state index in [2.05, 4.69) is 43.2 Å². The zero-order valence-electron chi connectivity index (χ0n) is 13.6. The van der Waals surface area contributed by atoms with E-state index in [0.29, 0.717) is 24.3 Å². The lowest BCUT2D eigenvalue weighted by Crippen LogP contribution is -2.32. The standard InChI is InChI=1S/C15H28N4O.HI/c1-5-12(6-2)14-9-13(20-19-14)10-18-15(16)17-8-7-11(3)4;/h9,11-12H,5-8,10H2,1-4H3,(H3,16,17,18);1H. The molecule has 0 fully saturated rings. The van der Waals surface area contributed by atoms with Gasteiger partial charge in [0.05, 0.1) is 5.69 Å². The molecule has 0 saturated carbocycles. The average molecular weight is 408 g/mol. The number of nitrogens with two attached hydrogens (primary N) is 1. The maximum Gasteiger partial charge on any atom is 0.189 e. The molecule has 0 aliphatic rings. The van der Waals surface area contributed by atoms with Crippen LogP contribution in [-0.2, 0) is 6.54 Å². The van der Waals surface area contributed by atoms with E-state index in [4.69, 9.17) is 10.3 Å². The van der Waals surface area contributed by atoms with E-state index in [9.17, 15) is 0 Å². The van der Waals surface area contributed by atoms with Crippen molar-refractivity contribution in [2.45, 2.75) is 59.4 Å². The molecule has 1 heterocycles. The predicted molar refractivity (Wildman–Crippen MR) is 98.0 cm³/mol. The second-order valence-electron chi connectivity index (χ2n) is 5.54. The Morgan fingerprint density at radius 3 is 2.62 bits per heavy atom. The first kappa shape index (κ1) is 20.2. The van der Waals surface area contributed by atoms with Gasteiger partial charge in [-0.2, -0.15) is 0 Å². The van der Waals surface area contributed by atoms with Crippen LogP contribution in [-0.4, -0.2) is 17.7 Å². The summed E-state index contributed by atoms with van der Waals surface area (Å²) in [5.41, 5.74) is 6.82. The number of aliphatic imine (C=N–C) groups is 1. The summed E-state index contributed by atoms with van der Waals surface area (Å²) in [6.45, 7) is 9.98. The van der Waals surface area contributed by atoms with Crippen molar-refractivity contribution in [1.29, 1.82) is 0 Å². The highest BCUT2D eigenvalue weighted by Crippen LogP contribution is 2.22. The van der Waals surface area contributed by atoms with Crippen molar-refractivity contribution in [3.63, 3.8) is 0 Å². The lowest BCUT2D eigenvalue weighted by molar-refractivity contribution is 0.372. The van der Waals surface area contributed by atoms with Gasteiger partial charge < -0.3 is 15.6 Å². The van der Waals surface area contributed by atoms with E-state index in [1.165, 1.54) is 0 Å². The molecular weight excluding hydrogens is 379 g/mol. The van der Waals surface area contributed by atoms with Crippen LogP contribution in [0.15, 0.2) is 15.6 Å². The van der Waals surface area contributed by atoms with Crippen LogP contribution in [0.1, 0.15) is 64.3 Å².